The predicted octanol–water partition coefficient (Wildman–Crippen LogP) is 2.90. The molecule has 1 saturated carbocycles. The molecule has 1 aliphatic carbocycles. The zero-order valence-corrected chi connectivity index (χ0v) is 15.6. The van der Waals surface area contributed by atoms with Crippen LogP contribution in [0.25, 0.3) is 0 Å². The van der Waals surface area contributed by atoms with E-state index in [1.165, 1.54) is 30.4 Å². The number of carbonyl (C=O) groups is 1. The number of ether oxygens (including phenoxy) is 2. The lowest BCUT2D eigenvalue weighted by Gasteiger charge is -2.34. The van der Waals surface area contributed by atoms with E-state index in [1.54, 1.807) is 14.2 Å². The molecule has 0 spiro atoms. The molecule has 1 unspecified atom stereocenters. The minimum atomic E-state index is -0.108. The van der Waals surface area contributed by atoms with Crippen molar-refractivity contribution in [2.45, 2.75) is 64.1 Å². The van der Waals surface area contributed by atoms with Gasteiger partial charge in [-0.15, -0.1) is 0 Å². The Labute approximate surface area is 150 Å². The molecule has 0 radical (unpaired) electrons. The maximum atomic E-state index is 12.6. The number of nitrogens with zero attached hydrogens (tertiary/aromatic N) is 1. The number of hydrogen-bond acceptors (Lipinski definition) is 4. The smallest absolute Gasteiger partial charge is 0.237 e. The van der Waals surface area contributed by atoms with Gasteiger partial charge >= 0.3 is 0 Å². The first-order valence-corrected chi connectivity index (χ1v) is 9.40. The van der Waals surface area contributed by atoms with Gasteiger partial charge < -0.3 is 14.8 Å². The van der Waals surface area contributed by atoms with Gasteiger partial charge in [-0.3, -0.25) is 9.69 Å². The van der Waals surface area contributed by atoms with Gasteiger partial charge in [0.15, 0.2) is 11.5 Å². The van der Waals surface area contributed by atoms with Gasteiger partial charge in [-0.05, 0) is 49.4 Å². The van der Waals surface area contributed by atoms with Crippen LogP contribution in [-0.2, 0) is 17.8 Å². The topological polar surface area (TPSA) is 50.8 Å². The Morgan fingerprint density at radius 3 is 2.40 bits per heavy atom. The number of carbonyl (C=O) groups excluding carboxylic acids is 1. The Morgan fingerprint density at radius 2 is 1.76 bits per heavy atom. The van der Waals surface area contributed by atoms with E-state index in [0.29, 0.717) is 6.04 Å². The molecular formula is C20H30N2O3. The van der Waals surface area contributed by atoms with Gasteiger partial charge in [-0.25, -0.2) is 0 Å². The molecule has 3 rings (SSSR count). The lowest BCUT2D eigenvalue weighted by molar-refractivity contribution is -0.127. The molecular weight excluding hydrogens is 316 g/mol. The molecule has 5 heteroatoms. The fraction of sp³-hybridized carbons (Fsp3) is 0.650. The van der Waals surface area contributed by atoms with E-state index >= 15 is 0 Å². The second kappa shape index (κ2) is 8.09. The second-order valence-corrected chi connectivity index (χ2v) is 7.22. The van der Waals surface area contributed by atoms with Crippen LogP contribution >= 0.6 is 0 Å². The number of nitrogens with one attached hydrogen (secondary N) is 1. The van der Waals surface area contributed by atoms with Crippen LogP contribution in [0, 0.1) is 0 Å². The quantitative estimate of drug-likeness (QED) is 0.891. The van der Waals surface area contributed by atoms with Gasteiger partial charge in [0.1, 0.15) is 0 Å². The minimum absolute atomic E-state index is 0.108. The predicted molar refractivity (Wildman–Crippen MR) is 98.1 cm³/mol. The normalized spacial score (nSPS) is 19.8. The van der Waals surface area contributed by atoms with Crippen molar-refractivity contribution in [2.24, 2.45) is 0 Å². The Balaban J connectivity index is 1.65. The van der Waals surface area contributed by atoms with Gasteiger partial charge in [-0.2, -0.15) is 0 Å². The summed E-state index contributed by atoms with van der Waals surface area (Å²) in [5.41, 5.74) is 2.51. The number of amides is 1. The summed E-state index contributed by atoms with van der Waals surface area (Å²) in [6.07, 6.45) is 6.94. The Bertz CT molecular complexity index is 611. The fourth-order valence-corrected chi connectivity index (χ4v) is 3.97. The zero-order chi connectivity index (χ0) is 17.8. The van der Waals surface area contributed by atoms with Crippen LogP contribution in [0.15, 0.2) is 12.1 Å². The summed E-state index contributed by atoms with van der Waals surface area (Å²) in [6.45, 7) is 3.68. The molecule has 1 heterocycles. The highest BCUT2D eigenvalue weighted by atomic mass is 16.5. The van der Waals surface area contributed by atoms with E-state index < -0.39 is 0 Å². The molecule has 0 aromatic heterocycles. The molecule has 5 nitrogen and oxygen atoms in total. The second-order valence-electron chi connectivity index (χ2n) is 7.22. The van der Waals surface area contributed by atoms with Gasteiger partial charge in [0.2, 0.25) is 5.91 Å². The third-order valence-corrected chi connectivity index (χ3v) is 5.63. The summed E-state index contributed by atoms with van der Waals surface area (Å²) in [5.74, 6) is 1.69. The number of hydrogen-bond donors (Lipinski definition) is 1. The Morgan fingerprint density at radius 1 is 1.12 bits per heavy atom. The highest BCUT2D eigenvalue weighted by Gasteiger charge is 2.28. The van der Waals surface area contributed by atoms with Crippen molar-refractivity contribution in [3.8, 4) is 11.5 Å². The van der Waals surface area contributed by atoms with Gasteiger partial charge in [0, 0.05) is 19.1 Å². The minimum Gasteiger partial charge on any atom is -0.493 e. The Hall–Kier alpha value is -1.75. The maximum absolute atomic E-state index is 12.6. The van der Waals surface area contributed by atoms with E-state index in [2.05, 4.69) is 16.3 Å². The first kappa shape index (κ1) is 18.1. The summed E-state index contributed by atoms with van der Waals surface area (Å²) >= 11 is 0. The van der Waals surface area contributed by atoms with Crippen molar-refractivity contribution < 1.29 is 14.3 Å². The number of benzene rings is 1. The SMILES string of the molecule is COc1cc2c(cc1OC)CN(C(C)C(=O)NC1CCCCC1)CC2. The third kappa shape index (κ3) is 4.09. The van der Waals surface area contributed by atoms with E-state index in [-0.39, 0.29) is 11.9 Å². The van der Waals surface area contributed by atoms with E-state index in [9.17, 15) is 4.79 Å². The largest absolute Gasteiger partial charge is 0.493 e. The lowest BCUT2D eigenvalue weighted by atomic mass is 9.95. The molecule has 1 fully saturated rings. The lowest BCUT2D eigenvalue weighted by Crippen LogP contribution is -2.49. The number of methoxy groups -OCH3 is 2. The summed E-state index contributed by atoms with van der Waals surface area (Å²) in [7, 11) is 3.32. The van der Waals surface area contributed by atoms with Crippen LogP contribution in [-0.4, -0.2) is 43.7 Å². The molecule has 25 heavy (non-hydrogen) atoms. The van der Waals surface area contributed by atoms with E-state index in [1.807, 2.05) is 13.0 Å². The highest BCUT2D eigenvalue weighted by Crippen LogP contribution is 2.33. The van der Waals surface area contributed by atoms with Crippen LogP contribution in [0.1, 0.15) is 50.2 Å². The van der Waals surface area contributed by atoms with Crippen molar-refractivity contribution in [1.29, 1.82) is 0 Å². The fourth-order valence-electron chi connectivity index (χ4n) is 3.97. The molecule has 1 aliphatic heterocycles. The van der Waals surface area contributed by atoms with Crippen molar-refractivity contribution in [1.82, 2.24) is 10.2 Å². The molecule has 1 amide bonds. The molecule has 0 saturated heterocycles. The van der Waals surface area contributed by atoms with Crippen LogP contribution < -0.4 is 14.8 Å². The first-order chi connectivity index (χ1) is 12.1. The van der Waals surface area contributed by atoms with Crippen LogP contribution in [0.4, 0.5) is 0 Å². The Kier molecular flexibility index (Phi) is 5.84. The van der Waals surface area contributed by atoms with Crippen LogP contribution in [0.5, 0.6) is 11.5 Å². The zero-order valence-electron chi connectivity index (χ0n) is 15.6. The van der Waals surface area contributed by atoms with Crippen molar-refractivity contribution in [3.63, 3.8) is 0 Å². The van der Waals surface area contributed by atoms with Crippen molar-refractivity contribution in [2.75, 3.05) is 20.8 Å². The summed E-state index contributed by atoms with van der Waals surface area (Å²) < 4.78 is 10.8. The summed E-state index contributed by atoms with van der Waals surface area (Å²) in [6, 6.07) is 4.37. The first-order valence-electron chi connectivity index (χ1n) is 9.40. The van der Waals surface area contributed by atoms with Crippen molar-refractivity contribution in [3.05, 3.63) is 23.3 Å². The molecule has 0 bridgehead atoms. The van der Waals surface area contributed by atoms with Crippen LogP contribution in [0.2, 0.25) is 0 Å². The van der Waals surface area contributed by atoms with Gasteiger partial charge in [0.05, 0.1) is 20.3 Å². The highest BCUT2D eigenvalue weighted by molar-refractivity contribution is 5.81. The molecule has 1 N–H and O–H groups in total. The summed E-state index contributed by atoms with van der Waals surface area (Å²) in [5, 5.41) is 3.26. The molecule has 2 aliphatic rings. The van der Waals surface area contributed by atoms with Crippen molar-refractivity contribution >= 4 is 5.91 Å². The molecule has 1 atom stereocenters. The third-order valence-electron chi connectivity index (χ3n) is 5.63. The summed E-state index contributed by atoms with van der Waals surface area (Å²) in [4.78, 5) is 14.9. The monoisotopic (exact) mass is 346 g/mol. The van der Waals surface area contributed by atoms with Gasteiger partial charge in [0.25, 0.3) is 0 Å². The van der Waals surface area contributed by atoms with E-state index in [0.717, 1.165) is 43.9 Å². The van der Waals surface area contributed by atoms with E-state index in [4.69, 9.17) is 9.47 Å². The molecule has 1 aromatic carbocycles. The maximum Gasteiger partial charge on any atom is 0.237 e. The average Bonchev–Trinajstić information content (AvgIpc) is 2.66. The average molecular weight is 346 g/mol. The molecule has 138 valence electrons. The molecule has 1 aromatic rings. The number of rotatable bonds is 5. The number of fused-ring (bicyclic) bond motifs is 1. The van der Waals surface area contributed by atoms with Gasteiger partial charge in [-0.1, -0.05) is 19.3 Å². The standard InChI is InChI=1S/C20H30N2O3/c1-14(20(23)21-17-7-5-4-6-8-17)22-10-9-15-11-18(24-2)19(25-3)12-16(15)13-22/h11-12,14,17H,4-10,13H2,1-3H3,(H,21,23). The van der Waals surface area contributed by atoms with Crippen LogP contribution in [0.3, 0.4) is 0 Å².